The van der Waals surface area contributed by atoms with Crippen LogP contribution in [0.25, 0.3) is 11.4 Å². The van der Waals surface area contributed by atoms with Crippen LogP contribution in [0.2, 0.25) is 0 Å². The maximum Gasteiger partial charge on any atom is 0.222 e. The summed E-state index contributed by atoms with van der Waals surface area (Å²) in [6.07, 6.45) is 1.64. The van der Waals surface area contributed by atoms with E-state index in [0.29, 0.717) is 5.69 Å². The molecule has 0 saturated carbocycles. The summed E-state index contributed by atoms with van der Waals surface area (Å²) >= 11 is 3.30. The zero-order valence-corrected chi connectivity index (χ0v) is 7.50. The first-order valence-corrected chi connectivity index (χ1v) is 3.98. The Morgan fingerprint density at radius 3 is 2.92 bits per heavy atom. The van der Waals surface area contributed by atoms with Gasteiger partial charge < -0.3 is 10.3 Å². The molecule has 2 aromatic rings. The second-order valence-electron chi connectivity index (χ2n) is 2.21. The van der Waals surface area contributed by atoms with Crippen LogP contribution in [0.15, 0.2) is 21.3 Å². The largest absolute Gasteiger partial charge is 0.368 e. The van der Waals surface area contributed by atoms with Gasteiger partial charge in [-0.25, -0.2) is 0 Å². The molecule has 6 heteroatoms. The predicted octanol–water partition coefficient (Wildman–Crippen LogP) is 1.41. The summed E-state index contributed by atoms with van der Waals surface area (Å²) in [5.41, 5.74) is 6.75. The van der Waals surface area contributed by atoms with Crippen LogP contribution in [-0.4, -0.2) is 15.4 Å². The van der Waals surface area contributed by atoms with E-state index in [2.05, 4.69) is 31.3 Å². The number of aromatic amines is 1. The van der Waals surface area contributed by atoms with Gasteiger partial charge in [-0.05, 0) is 15.9 Å². The zero-order valence-electron chi connectivity index (χ0n) is 5.91. The van der Waals surface area contributed by atoms with Gasteiger partial charge in [0.1, 0.15) is 11.4 Å². The summed E-state index contributed by atoms with van der Waals surface area (Å²) in [5.74, 6) is 0.284. The van der Waals surface area contributed by atoms with Crippen LogP contribution < -0.4 is 5.73 Å². The first-order chi connectivity index (χ1) is 5.77. The van der Waals surface area contributed by atoms with Gasteiger partial charge in [0.2, 0.25) is 5.88 Å². The zero-order chi connectivity index (χ0) is 8.55. The first kappa shape index (κ1) is 7.35. The normalized spacial score (nSPS) is 10.4. The lowest BCUT2D eigenvalue weighted by Gasteiger charge is -1.86. The molecule has 12 heavy (non-hydrogen) atoms. The van der Waals surface area contributed by atoms with Gasteiger partial charge >= 0.3 is 0 Å². The third-order valence-corrected chi connectivity index (χ3v) is 1.98. The maximum atomic E-state index is 5.36. The third kappa shape index (κ3) is 1.10. The van der Waals surface area contributed by atoms with E-state index in [-0.39, 0.29) is 5.88 Å². The summed E-state index contributed by atoms with van der Waals surface area (Å²) in [6, 6.07) is 1.62. The number of halogens is 1. The highest BCUT2D eigenvalue weighted by Gasteiger charge is 2.09. The van der Waals surface area contributed by atoms with Crippen molar-refractivity contribution in [2.24, 2.45) is 0 Å². The Balaban J connectivity index is 2.50. The molecule has 2 heterocycles. The fourth-order valence-electron chi connectivity index (χ4n) is 0.858. The molecule has 0 atom stereocenters. The van der Waals surface area contributed by atoms with Crippen molar-refractivity contribution in [1.29, 1.82) is 0 Å². The number of H-pyrrole nitrogens is 1. The average Bonchev–Trinajstić information content (AvgIpc) is 2.58. The van der Waals surface area contributed by atoms with Crippen LogP contribution in [-0.2, 0) is 0 Å². The molecule has 0 amide bonds. The molecule has 0 aromatic carbocycles. The van der Waals surface area contributed by atoms with Crippen LogP contribution in [0.1, 0.15) is 0 Å². The van der Waals surface area contributed by atoms with Crippen molar-refractivity contribution in [3.63, 3.8) is 0 Å². The van der Waals surface area contributed by atoms with Gasteiger partial charge in [0.05, 0.1) is 10.7 Å². The second-order valence-corrected chi connectivity index (χ2v) is 3.06. The first-order valence-electron chi connectivity index (χ1n) is 3.19. The molecule has 0 unspecified atom stereocenters. The topological polar surface area (TPSA) is 80.7 Å². The highest BCUT2D eigenvalue weighted by molar-refractivity contribution is 9.10. The lowest BCUT2D eigenvalue weighted by atomic mass is 10.3. The maximum absolute atomic E-state index is 5.36. The van der Waals surface area contributed by atoms with Crippen LogP contribution in [0.4, 0.5) is 5.88 Å². The number of nitrogens with two attached hydrogens (primary N) is 1. The Morgan fingerprint density at radius 1 is 1.58 bits per heavy atom. The number of aromatic nitrogens is 3. The molecule has 2 aromatic heterocycles. The number of hydrogen-bond donors (Lipinski definition) is 2. The van der Waals surface area contributed by atoms with Crippen molar-refractivity contribution >= 4 is 21.8 Å². The molecule has 0 radical (unpaired) electrons. The van der Waals surface area contributed by atoms with Crippen molar-refractivity contribution in [3.8, 4) is 11.4 Å². The standard InChI is InChI=1S/C6H5BrN4O/c7-3-2-9-10-6(3)4-1-5(8)12-11-4/h1-2H,8H2,(H,9,10). The van der Waals surface area contributed by atoms with E-state index in [9.17, 15) is 0 Å². The second kappa shape index (κ2) is 2.63. The molecule has 0 fully saturated rings. The lowest BCUT2D eigenvalue weighted by molar-refractivity contribution is 0.439. The van der Waals surface area contributed by atoms with Gasteiger partial charge in [0.25, 0.3) is 0 Å². The fraction of sp³-hybridized carbons (Fsp3) is 0. The number of nitrogens with one attached hydrogen (secondary N) is 1. The third-order valence-electron chi connectivity index (χ3n) is 1.38. The summed E-state index contributed by atoms with van der Waals surface area (Å²) in [5, 5.41) is 10.3. The quantitative estimate of drug-likeness (QED) is 0.774. The van der Waals surface area contributed by atoms with E-state index in [1.807, 2.05) is 0 Å². The van der Waals surface area contributed by atoms with E-state index in [1.54, 1.807) is 12.3 Å². The SMILES string of the molecule is Nc1cc(-c2[nH]ncc2Br)no1. The molecule has 0 spiro atoms. The molecule has 0 aliphatic rings. The van der Waals surface area contributed by atoms with Crippen molar-refractivity contribution in [2.45, 2.75) is 0 Å². The molecule has 0 aliphatic heterocycles. The van der Waals surface area contributed by atoms with Crippen LogP contribution in [0, 0.1) is 0 Å². The van der Waals surface area contributed by atoms with Crippen molar-refractivity contribution in [1.82, 2.24) is 15.4 Å². The van der Waals surface area contributed by atoms with Crippen LogP contribution in [0.5, 0.6) is 0 Å². The molecule has 62 valence electrons. The molecular formula is C6H5BrN4O. The van der Waals surface area contributed by atoms with Gasteiger partial charge in [-0.3, -0.25) is 5.10 Å². The molecule has 0 bridgehead atoms. The van der Waals surface area contributed by atoms with Crippen LogP contribution >= 0.6 is 15.9 Å². The summed E-state index contributed by atoms with van der Waals surface area (Å²) in [4.78, 5) is 0. The highest BCUT2D eigenvalue weighted by atomic mass is 79.9. The minimum Gasteiger partial charge on any atom is -0.368 e. The Labute approximate surface area is 76.1 Å². The average molecular weight is 229 g/mol. The fourth-order valence-corrected chi connectivity index (χ4v) is 1.25. The Hall–Kier alpha value is -1.30. The summed E-state index contributed by atoms with van der Waals surface area (Å²) < 4.78 is 5.53. The van der Waals surface area contributed by atoms with E-state index in [1.165, 1.54) is 0 Å². The number of anilines is 1. The van der Waals surface area contributed by atoms with Gasteiger partial charge in [-0.1, -0.05) is 5.16 Å². The number of hydrogen-bond acceptors (Lipinski definition) is 4. The smallest absolute Gasteiger partial charge is 0.222 e. The summed E-state index contributed by atoms with van der Waals surface area (Å²) in [6.45, 7) is 0. The van der Waals surface area contributed by atoms with Gasteiger partial charge in [0.15, 0.2) is 0 Å². The van der Waals surface area contributed by atoms with Crippen LogP contribution in [0.3, 0.4) is 0 Å². The molecular weight excluding hydrogens is 224 g/mol. The molecule has 0 aliphatic carbocycles. The molecule has 3 N–H and O–H groups in total. The van der Waals surface area contributed by atoms with E-state index < -0.39 is 0 Å². The monoisotopic (exact) mass is 228 g/mol. The Kier molecular flexibility index (Phi) is 1.61. The summed E-state index contributed by atoms with van der Waals surface area (Å²) in [7, 11) is 0. The molecule has 0 saturated heterocycles. The van der Waals surface area contributed by atoms with Crippen molar-refractivity contribution in [3.05, 3.63) is 16.7 Å². The van der Waals surface area contributed by atoms with Gasteiger partial charge in [-0.2, -0.15) is 5.10 Å². The van der Waals surface area contributed by atoms with Crippen molar-refractivity contribution in [2.75, 3.05) is 5.73 Å². The minimum absolute atomic E-state index is 0.284. The number of rotatable bonds is 1. The lowest BCUT2D eigenvalue weighted by Crippen LogP contribution is -1.78. The van der Waals surface area contributed by atoms with E-state index in [0.717, 1.165) is 10.2 Å². The predicted molar refractivity (Wildman–Crippen MR) is 46.2 cm³/mol. The van der Waals surface area contributed by atoms with E-state index >= 15 is 0 Å². The van der Waals surface area contributed by atoms with E-state index in [4.69, 9.17) is 10.3 Å². The number of nitrogens with zero attached hydrogens (tertiary/aromatic N) is 2. The van der Waals surface area contributed by atoms with Crippen molar-refractivity contribution < 1.29 is 4.52 Å². The Bertz CT molecular complexity index is 394. The highest BCUT2D eigenvalue weighted by Crippen LogP contribution is 2.25. The Morgan fingerprint density at radius 2 is 2.42 bits per heavy atom. The minimum atomic E-state index is 0.284. The number of nitrogen functional groups attached to an aromatic ring is 1. The molecule has 5 nitrogen and oxygen atoms in total. The molecule has 2 rings (SSSR count). The van der Waals surface area contributed by atoms with Gasteiger partial charge in [0, 0.05) is 6.07 Å². The van der Waals surface area contributed by atoms with Gasteiger partial charge in [-0.15, -0.1) is 0 Å².